The van der Waals surface area contributed by atoms with E-state index in [9.17, 15) is 0 Å². The fourth-order valence-electron chi connectivity index (χ4n) is 2.57. The molecule has 0 bridgehead atoms. The van der Waals surface area contributed by atoms with Crippen molar-refractivity contribution in [3.8, 4) is 22.4 Å². The molecule has 4 rings (SSSR count). The first-order valence-corrected chi connectivity index (χ1v) is 6.45. The monoisotopic (exact) mass is 260 g/mol. The number of hydrogen-bond acceptors (Lipinski definition) is 3. The standard InChI is InChI=1S/C16H12N4/c1-2-5-12-11(4-1)10-18-20-15-7-3-6-13(16(12)15)14-8-9-17-19-14/h1-10,20H,(H,17,19). The molecular formula is C16H12N4. The first-order chi connectivity index (χ1) is 9.93. The molecule has 0 saturated carbocycles. The van der Waals surface area contributed by atoms with Gasteiger partial charge in [-0.2, -0.15) is 10.2 Å². The van der Waals surface area contributed by atoms with E-state index in [1.54, 1.807) is 6.20 Å². The molecule has 2 heterocycles. The second kappa shape index (κ2) is 4.35. The van der Waals surface area contributed by atoms with Crippen molar-refractivity contribution in [2.24, 2.45) is 5.10 Å². The fraction of sp³-hybridized carbons (Fsp3) is 0. The van der Waals surface area contributed by atoms with Gasteiger partial charge in [0, 0.05) is 22.9 Å². The van der Waals surface area contributed by atoms with Crippen molar-refractivity contribution >= 4 is 11.9 Å². The number of hydrogen-bond donors (Lipinski definition) is 2. The highest BCUT2D eigenvalue weighted by molar-refractivity contribution is 6.00. The minimum atomic E-state index is 0.998. The number of nitrogens with zero attached hydrogens (tertiary/aromatic N) is 2. The van der Waals surface area contributed by atoms with Gasteiger partial charge in [-0.05, 0) is 17.7 Å². The van der Waals surface area contributed by atoms with Crippen molar-refractivity contribution in [3.63, 3.8) is 0 Å². The van der Waals surface area contributed by atoms with Crippen LogP contribution in [0.25, 0.3) is 22.4 Å². The van der Waals surface area contributed by atoms with Gasteiger partial charge in [-0.25, -0.2) is 0 Å². The van der Waals surface area contributed by atoms with Crippen molar-refractivity contribution in [2.75, 3.05) is 5.43 Å². The zero-order valence-corrected chi connectivity index (χ0v) is 10.7. The Morgan fingerprint density at radius 2 is 1.75 bits per heavy atom. The van der Waals surface area contributed by atoms with E-state index in [1.165, 1.54) is 5.56 Å². The maximum absolute atomic E-state index is 4.28. The smallest absolute Gasteiger partial charge is 0.0657 e. The van der Waals surface area contributed by atoms with Gasteiger partial charge >= 0.3 is 0 Å². The fourth-order valence-corrected chi connectivity index (χ4v) is 2.57. The topological polar surface area (TPSA) is 53.1 Å². The molecule has 0 spiro atoms. The number of benzene rings is 2. The summed E-state index contributed by atoms with van der Waals surface area (Å²) in [6.07, 6.45) is 3.62. The lowest BCUT2D eigenvalue weighted by molar-refractivity contribution is 1.10. The van der Waals surface area contributed by atoms with Gasteiger partial charge in [-0.1, -0.05) is 36.4 Å². The molecule has 0 amide bonds. The van der Waals surface area contributed by atoms with Crippen LogP contribution in [0.15, 0.2) is 59.8 Å². The molecule has 4 heteroatoms. The third-order valence-corrected chi connectivity index (χ3v) is 3.47. The van der Waals surface area contributed by atoms with E-state index in [2.05, 4.69) is 38.9 Å². The first-order valence-electron chi connectivity index (χ1n) is 6.45. The average Bonchev–Trinajstić information content (AvgIpc) is 2.95. The quantitative estimate of drug-likeness (QED) is 0.703. The highest BCUT2D eigenvalue weighted by Crippen LogP contribution is 2.39. The van der Waals surface area contributed by atoms with E-state index in [0.717, 1.165) is 28.1 Å². The van der Waals surface area contributed by atoms with Gasteiger partial charge in [-0.15, -0.1) is 0 Å². The number of fused-ring (bicyclic) bond motifs is 3. The normalized spacial score (nSPS) is 12.2. The predicted octanol–water partition coefficient (Wildman–Crippen LogP) is 3.50. The Kier molecular flexibility index (Phi) is 2.39. The van der Waals surface area contributed by atoms with Gasteiger partial charge in [0.2, 0.25) is 0 Å². The van der Waals surface area contributed by atoms with Crippen LogP contribution in [0.5, 0.6) is 0 Å². The average molecular weight is 260 g/mol. The molecule has 20 heavy (non-hydrogen) atoms. The molecule has 1 aliphatic heterocycles. The Morgan fingerprint density at radius 3 is 2.65 bits per heavy atom. The van der Waals surface area contributed by atoms with Gasteiger partial charge in [0.05, 0.1) is 17.6 Å². The summed E-state index contributed by atoms with van der Waals surface area (Å²) in [4.78, 5) is 0. The van der Waals surface area contributed by atoms with E-state index in [1.807, 2.05) is 36.5 Å². The number of aromatic nitrogens is 2. The Hall–Kier alpha value is -2.88. The van der Waals surface area contributed by atoms with Crippen LogP contribution in [0.1, 0.15) is 5.56 Å². The lowest BCUT2D eigenvalue weighted by atomic mass is 9.93. The molecule has 3 aromatic rings. The first kappa shape index (κ1) is 11.0. The van der Waals surface area contributed by atoms with Crippen molar-refractivity contribution in [1.82, 2.24) is 10.2 Å². The molecular weight excluding hydrogens is 248 g/mol. The summed E-state index contributed by atoms with van der Waals surface area (Å²) in [6, 6.07) is 16.4. The van der Waals surface area contributed by atoms with Gasteiger partial charge in [-0.3, -0.25) is 10.5 Å². The summed E-state index contributed by atoms with van der Waals surface area (Å²) < 4.78 is 0. The molecule has 1 aromatic heterocycles. The highest BCUT2D eigenvalue weighted by Gasteiger charge is 2.16. The molecule has 2 aromatic carbocycles. The number of H-pyrrole nitrogens is 1. The van der Waals surface area contributed by atoms with Crippen molar-refractivity contribution in [2.45, 2.75) is 0 Å². The Labute approximate surface area is 116 Å². The number of nitrogens with one attached hydrogen (secondary N) is 2. The predicted molar refractivity (Wildman–Crippen MR) is 80.7 cm³/mol. The van der Waals surface area contributed by atoms with Crippen LogP contribution in [0.4, 0.5) is 5.69 Å². The zero-order valence-electron chi connectivity index (χ0n) is 10.7. The number of rotatable bonds is 1. The maximum atomic E-state index is 4.28. The van der Waals surface area contributed by atoms with Gasteiger partial charge in [0.15, 0.2) is 0 Å². The number of aromatic amines is 1. The molecule has 4 nitrogen and oxygen atoms in total. The highest BCUT2D eigenvalue weighted by atomic mass is 15.3. The van der Waals surface area contributed by atoms with E-state index < -0.39 is 0 Å². The molecule has 96 valence electrons. The second-order valence-corrected chi connectivity index (χ2v) is 4.66. The minimum Gasteiger partial charge on any atom is -0.278 e. The van der Waals surface area contributed by atoms with E-state index in [4.69, 9.17) is 0 Å². The van der Waals surface area contributed by atoms with E-state index >= 15 is 0 Å². The van der Waals surface area contributed by atoms with Crippen molar-refractivity contribution in [1.29, 1.82) is 0 Å². The van der Waals surface area contributed by atoms with Crippen LogP contribution in [-0.2, 0) is 0 Å². The zero-order chi connectivity index (χ0) is 13.4. The molecule has 0 saturated heterocycles. The van der Waals surface area contributed by atoms with Crippen LogP contribution in [-0.4, -0.2) is 16.4 Å². The molecule has 0 radical (unpaired) electrons. The number of hydrazone groups is 1. The van der Waals surface area contributed by atoms with E-state index in [0.29, 0.717) is 0 Å². The van der Waals surface area contributed by atoms with Gasteiger partial charge in [0.1, 0.15) is 0 Å². The van der Waals surface area contributed by atoms with Crippen LogP contribution in [0.3, 0.4) is 0 Å². The van der Waals surface area contributed by atoms with E-state index in [-0.39, 0.29) is 0 Å². The number of anilines is 1. The molecule has 0 aliphatic carbocycles. The lowest BCUT2D eigenvalue weighted by Gasteiger charge is -2.13. The van der Waals surface area contributed by atoms with Crippen molar-refractivity contribution in [3.05, 3.63) is 60.3 Å². The lowest BCUT2D eigenvalue weighted by Crippen LogP contribution is -1.92. The van der Waals surface area contributed by atoms with Gasteiger partial charge < -0.3 is 0 Å². The SMILES string of the molecule is C1=NNc2cccc(-c3ccn[nH]3)c2-c2ccccc21. The summed E-state index contributed by atoms with van der Waals surface area (Å²) in [5.74, 6) is 0. The van der Waals surface area contributed by atoms with Gasteiger partial charge in [0.25, 0.3) is 0 Å². The summed E-state index contributed by atoms with van der Waals surface area (Å²) in [5, 5.41) is 11.4. The molecule has 2 N–H and O–H groups in total. The van der Waals surface area contributed by atoms with Crippen LogP contribution >= 0.6 is 0 Å². The summed E-state index contributed by atoms with van der Waals surface area (Å²) >= 11 is 0. The Morgan fingerprint density at radius 1 is 0.850 bits per heavy atom. The summed E-state index contributed by atoms with van der Waals surface area (Å²) in [6.45, 7) is 0. The van der Waals surface area contributed by atoms with Crippen LogP contribution < -0.4 is 5.43 Å². The Balaban J connectivity index is 2.06. The van der Waals surface area contributed by atoms with Crippen LogP contribution in [0.2, 0.25) is 0 Å². The van der Waals surface area contributed by atoms with Crippen LogP contribution in [0, 0.1) is 0 Å². The molecule has 0 atom stereocenters. The minimum absolute atomic E-state index is 0.998. The third-order valence-electron chi connectivity index (χ3n) is 3.47. The third kappa shape index (κ3) is 1.62. The Bertz CT molecular complexity index is 788. The maximum Gasteiger partial charge on any atom is 0.0657 e. The van der Waals surface area contributed by atoms with Crippen molar-refractivity contribution < 1.29 is 0 Å². The largest absolute Gasteiger partial charge is 0.278 e. The summed E-state index contributed by atoms with van der Waals surface area (Å²) in [7, 11) is 0. The summed E-state index contributed by atoms with van der Waals surface area (Å²) in [5.41, 5.74) is 9.64. The molecule has 0 fully saturated rings. The molecule has 1 aliphatic rings. The second-order valence-electron chi connectivity index (χ2n) is 4.66. The molecule has 0 unspecified atom stereocenters.